The summed E-state index contributed by atoms with van der Waals surface area (Å²) in [4.78, 5) is 0. The van der Waals surface area contributed by atoms with Crippen molar-refractivity contribution in [1.82, 2.24) is 0 Å². The van der Waals surface area contributed by atoms with E-state index in [-0.39, 0.29) is 11.8 Å². The number of nitrogens with one attached hydrogen (secondary N) is 1. The Morgan fingerprint density at radius 1 is 0.826 bits per heavy atom. The van der Waals surface area contributed by atoms with Crippen LogP contribution in [0.5, 0.6) is 5.75 Å². The summed E-state index contributed by atoms with van der Waals surface area (Å²) in [6.45, 7) is 0. The summed E-state index contributed by atoms with van der Waals surface area (Å²) in [6, 6.07) is 26.7. The molecule has 0 aliphatic heterocycles. The molecule has 0 spiro atoms. The molecule has 23 heavy (non-hydrogen) atoms. The van der Waals surface area contributed by atoms with Crippen molar-refractivity contribution in [3.8, 4) is 11.8 Å². The molecule has 3 aromatic carbocycles. The summed E-state index contributed by atoms with van der Waals surface area (Å²) in [5, 5.41) is 22.0. The Morgan fingerprint density at radius 2 is 1.52 bits per heavy atom. The summed E-state index contributed by atoms with van der Waals surface area (Å²) in [5.74, 6) is 0.243. The van der Waals surface area contributed by atoms with Gasteiger partial charge in [-0.15, -0.1) is 0 Å². The lowest BCUT2D eigenvalue weighted by molar-refractivity contribution is 0.475. The van der Waals surface area contributed by atoms with E-state index in [2.05, 4.69) is 23.5 Å². The van der Waals surface area contributed by atoms with Crippen molar-refractivity contribution in [2.24, 2.45) is 0 Å². The van der Waals surface area contributed by atoms with Crippen LogP contribution in [0.1, 0.15) is 22.7 Å². The Labute approximate surface area is 135 Å². The second-order valence-electron chi connectivity index (χ2n) is 5.27. The van der Waals surface area contributed by atoms with Gasteiger partial charge in [0.25, 0.3) is 0 Å². The van der Waals surface area contributed by atoms with E-state index >= 15 is 0 Å². The molecule has 0 aliphatic rings. The zero-order valence-electron chi connectivity index (χ0n) is 12.5. The number of nitrogens with zero attached hydrogens (tertiary/aromatic N) is 1. The zero-order chi connectivity index (χ0) is 16.1. The van der Waals surface area contributed by atoms with Gasteiger partial charge in [-0.2, -0.15) is 5.26 Å². The fourth-order valence-electron chi connectivity index (χ4n) is 2.52. The maximum Gasteiger partial charge on any atom is 0.115 e. The molecule has 0 saturated carbocycles. The molecule has 0 fully saturated rings. The van der Waals surface area contributed by atoms with E-state index in [1.54, 1.807) is 18.2 Å². The molecule has 0 saturated heterocycles. The second-order valence-corrected chi connectivity index (χ2v) is 5.27. The SMILES string of the molecule is N#Cc1cccc(NC(c2ccccc2)c2ccc(O)cc2)c1. The highest BCUT2D eigenvalue weighted by Crippen LogP contribution is 2.28. The van der Waals surface area contributed by atoms with E-state index in [0.717, 1.165) is 16.8 Å². The first-order valence-corrected chi connectivity index (χ1v) is 7.37. The van der Waals surface area contributed by atoms with Crippen LogP contribution in [0.3, 0.4) is 0 Å². The van der Waals surface area contributed by atoms with Gasteiger partial charge in [0.15, 0.2) is 0 Å². The van der Waals surface area contributed by atoms with Crippen LogP contribution >= 0.6 is 0 Å². The number of rotatable bonds is 4. The summed E-state index contributed by atoms with van der Waals surface area (Å²) >= 11 is 0. The molecular formula is C20H16N2O. The first-order valence-electron chi connectivity index (χ1n) is 7.37. The van der Waals surface area contributed by atoms with Crippen molar-refractivity contribution >= 4 is 5.69 Å². The van der Waals surface area contributed by atoms with Gasteiger partial charge in [0, 0.05) is 5.69 Å². The van der Waals surface area contributed by atoms with E-state index in [1.807, 2.05) is 48.5 Å². The Morgan fingerprint density at radius 3 is 2.22 bits per heavy atom. The topological polar surface area (TPSA) is 56.0 Å². The lowest BCUT2D eigenvalue weighted by atomic mass is 9.98. The van der Waals surface area contributed by atoms with Gasteiger partial charge < -0.3 is 10.4 Å². The highest BCUT2D eigenvalue weighted by Gasteiger charge is 2.14. The van der Waals surface area contributed by atoms with Crippen LogP contribution in [0.2, 0.25) is 0 Å². The maximum atomic E-state index is 9.51. The monoisotopic (exact) mass is 300 g/mol. The van der Waals surface area contributed by atoms with Gasteiger partial charge in [-0.1, -0.05) is 48.5 Å². The standard InChI is InChI=1S/C20H16N2O/c21-14-15-5-4-8-18(13-15)22-20(16-6-2-1-3-7-16)17-9-11-19(23)12-10-17/h1-13,20,22-23H. The van der Waals surface area contributed by atoms with E-state index in [9.17, 15) is 5.11 Å². The Kier molecular flexibility index (Phi) is 4.26. The summed E-state index contributed by atoms with van der Waals surface area (Å²) in [6.07, 6.45) is 0. The van der Waals surface area contributed by atoms with Crippen LogP contribution in [0, 0.1) is 11.3 Å². The third kappa shape index (κ3) is 3.50. The average molecular weight is 300 g/mol. The van der Waals surface area contributed by atoms with Crippen LogP contribution in [0.4, 0.5) is 5.69 Å². The minimum absolute atomic E-state index is 0.0641. The largest absolute Gasteiger partial charge is 0.508 e. The zero-order valence-corrected chi connectivity index (χ0v) is 12.5. The third-order valence-electron chi connectivity index (χ3n) is 3.66. The lowest BCUT2D eigenvalue weighted by Gasteiger charge is -2.21. The number of hydrogen-bond acceptors (Lipinski definition) is 3. The normalized spacial score (nSPS) is 11.4. The molecule has 0 aromatic heterocycles. The van der Waals surface area contributed by atoms with Gasteiger partial charge in [-0.25, -0.2) is 0 Å². The lowest BCUT2D eigenvalue weighted by Crippen LogP contribution is -2.12. The van der Waals surface area contributed by atoms with Crippen molar-refractivity contribution in [2.45, 2.75) is 6.04 Å². The number of aromatic hydroxyl groups is 1. The summed E-state index contributed by atoms with van der Waals surface area (Å²) in [7, 11) is 0. The average Bonchev–Trinajstić information content (AvgIpc) is 2.61. The molecular weight excluding hydrogens is 284 g/mol. The van der Waals surface area contributed by atoms with Crippen LogP contribution < -0.4 is 5.32 Å². The molecule has 3 aromatic rings. The number of anilines is 1. The van der Waals surface area contributed by atoms with E-state index < -0.39 is 0 Å². The second kappa shape index (κ2) is 6.67. The fraction of sp³-hybridized carbons (Fsp3) is 0.0500. The molecule has 3 heteroatoms. The molecule has 1 unspecified atom stereocenters. The molecule has 3 nitrogen and oxygen atoms in total. The Balaban J connectivity index is 1.98. The predicted octanol–water partition coefficient (Wildman–Crippen LogP) is 4.47. The van der Waals surface area contributed by atoms with Crippen LogP contribution in [0.25, 0.3) is 0 Å². The molecule has 0 radical (unpaired) electrons. The van der Waals surface area contributed by atoms with Crippen molar-refractivity contribution in [3.05, 3.63) is 95.6 Å². The minimum Gasteiger partial charge on any atom is -0.508 e. The highest BCUT2D eigenvalue weighted by atomic mass is 16.3. The number of phenols is 1. The quantitative estimate of drug-likeness (QED) is 0.747. The van der Waals surface area contributed by atoms with Gasteiger partial charge in [0.1, 0.15) is 5.75 Å². The molecule has 2 N–H and O–H groups in total. The van der Waals surface area contributed by atoms with E-state index in [1.165, 1.54) is 0 Å². The highest BCUT2D eigenvalue weighted by molar-refractivity contribution is 5.53. The number of nitriles is 1. The fourth-order valence-corrected chi connectivity index (χ4v) is 2.52. The molecule has 112 valence electrons. The number of hydrogen-bond donors (Lipinski definition) is 2. The van der Waals surface area contributed by atoms with E-state index in [4.69, 9.17) is 5.26 Å². The maximum absolute atomic E-state index is 9.51. The van der Waals surface area contributed by atoms with Gasteiger partial charge in [-0.05, 0) is 41.5 Å². The number of phenolic OH excluding ortho intramolecular Hbond substituents is 1. The van der Waals surface area contributed by atoms with Crippen LogP contribution in [0.15, 0.2) is 78.9 Å². The van der Waals surface area contributed by atoms with Crippen molar-refractivity contribution in [2.75, 3.05) is 5.32 Å². The molecule has 0 heterocycles. The number of benzene rings is 3. The van der Waals surface area contributed by atoms with Crippen LogP contribution in [-0.2, 0) is 0 Å². The molecule has 3 rings (SSSR count). The van der Waals surface area contributed by atoms with Gasteiger partial charge in [0.2, 0.25) is 0 Å². The third-order valence-corrected chi connectivity index (χ3v) is 3.66. The first-order chi connectivity index (χ1) is 11.3. The molecule has 0 aliphatic carbocycles. The molecule has 1 atom stereocenters. The van der Waals surface area contributed by atoms with Crippen molar-refractivity contribution < 1.29 is 5.11 Å². The first kappa shape index (κ1) is 14.7. The molecule has 0 amide bonds. The predicted molar refractivity (Wildman–Crippen MR) is 91.2 cm³/mol. The van der Waals surface area contributed by atoms with Crippen molar-refractivity contribution in [1.29, 1.82) is 5.26 Å². The van der Waals surface area contributed by atoms with Crippen molar-refractivity contribution in [3.63, 3.8) is 0 Å². The Hall–Kier alpha value is -3.25. The smallest absolute Gasteiger partial charge is 0.115 e. The summed E-state index contributed by atoms with van der Waals surface area (Å²) < 4.78 is 0. The minimum atomic E-state index is -0.0641. The Bertz CT molecular complexity index is 820. The summed E-state index contributed by atoms with van der Waals surface area (Å²) in [5.41, 5.74) is 3.65. The molecule has 0 bridgehead atoms. The van der Waals surface area contributed by atoms with Gasteiger partial charge in [0.05, 0.1) is 17.7 Å². The van der Waals surface area contributed by atoms with E-state index in [0.29, 0.717) is 5.56 Å². The van der Waals surface area contributed by atoms with Crippen LogP contribution in [-0.4, -0.2) is 5.11 Å². The van der Waals surface area contributed by atoms with Gasteiger partial charge >= 0.3 is 0 Å². The van der Waals surface area contributed by atoms with Gasteiger partial charge in [-0.3, -0.25) is 0 Å².